The van der Waals surface area contributed by atoms with E-state index < -0.39 is 5.41 Å². The molecule has 0 saturated heterocycles. The lowest BCUT2D eigenvalue weighted by atomic mass is 9.98. The summed E-state index contributed by atoms with van der Waals surface area (Å²) in [5.41, 5.74) is 0.176. The van der Waals surface area contributed by atoms with Gasteiger partial charge in [-0.1, -0.05) is 0 Å². The summed E-state index contributed by atoms with van der Waals surface area (Å²) in [5, 5.41) is 4.05. The van der Waals surface area contributed by atoms with Gasteiger partial charge >= 0.3 is 5.97 Å². The molecule has 25 heavy (non-hydrogen) atoms. The summed E-state index contributed by atoms with van der Waals surface area (Å²) >= 11 is 0. The van der Waals surface area contributed by atoms with Crippen LogP contribution in [0, 0.1) is 5.41 Å². The molecule has 6 heteroatoms. The van der Waals surface area contributed by atoms with Gasteiger partial charge in [-0.2, -0.15) is 0 Å². The van der Waals surface area contributed by atoms with Crippen LogP contribution in [0.25, 0.3) is 10.9 Å². The highest BCUT2D eigenvalue weighted by Gasteiger charge is 2.22. The van der Waals surface area contributed by atoms with E-state index in [1.807, 2.05) is 39.0 Å². The maximum absolute atomic E-state index is 11.6. The minimum absolute atomic E-state index is 0.122. The molecule has 1 aromatic heterocycles. The molecule has 0 aliphatic rings. The Morgan fingerprint density at radius 2 is 1.92 bits per heavy atom. The Morgan fingerprint density at radius 3 is 2.68 bits per heavy atom. The molecule has 2 N–H and O–H groups in total. The van der Waals surface area contributed by atoms with Crippen LogP contribution in [0.3, 0.4) is 0 Å². The van der Waals surface area contributed by atoms with Gasteiger partial charge in [0.05, 0.1) is 17.5 Å². The van der Waals surface area contributed by atoms with E-state index in [-0.39, 0.29) is 18.3 Å². The van der Waals surface area contributed by atoms with Gasteiger partial charge in [-0.25, -0.2) is 0 Å². The van der Waals surface area contributed by atoms with Gasteiger partial charge in [-0.3, -0.25) is 14.9 Å². The quantitative estimate of drug-likeness (QED) is 0.436. The number of unbranched alkanes of at least 4 members (excludes halogenated alkanes) is 1. The number of rotatable bonds is 8. The highest BCUT2D eigenvalue weighted by atomic mass is 16.5. The molecule has 0 aliphatic heterocycles. The van der Waals surface area contributed by atoms with E-state index in [0.717, 1.165) is 36.0 Å². The molecule has 0 unspecified atom stereocenters. The number of carbonyl (C=O) groups excluding carboxylic acids is 1. The number of hydrogen-bond donors (Lipinski definition) is 2. The first-order chi connectivity index (χ1) is 11.9. The predicted molar refractivity (Wildman–Crippen MR) is 97.7 cm³/mol. The minimum Gasteiger partial charge on any atom is -0.494 e. The number of carbonyl (C=O) groups is 1. The Labute approximate surface area is 147 Å². The molecule has 0 fully saturated rings. The number of hydrogen-bond acceptors (Lipinski definition) is 5. The van der Waals surface area contributed by atoms with Crippen LogP contribution >= 0.6 is 0 Å². The van der Waals surface area contributed by atoms with Gasteiger partial charge in [0.15, 0.2) is 0 Å². The number of nitrogens with one attached hydrogen (secondary N) is 2. The van der Waals surface area contributed by atoms with E-state index in [1.165, 1.54) is 6.07 Å². The first-order valence-electron chi connectivity index (χ1n) is 8.50. The maximum Gasteiger partial charge on any atom is 0.312 e. The van der Waals surface area contributed by atoms with E-state index >= 15 is 0 Å². The van der Waals surface area contributed by atoms with Crippen molar-refractivity contribution in [3.63, 3.8) is 0 Å². The molecule has 0 spiro atoms. The molecular weight excluding hydrogens is 320 g/mol. The van der Waals surface area contributed by atoms with E-state index in [2.05, 4.69) is 10.3 Å². The molecule has 0 aliphatic carbocycles. The van der Waals surface area contributed by atoms with Crippen LogP contribution in [0.4, 0.5) is 0 Å². The van der Waals surface area contributed by atoms with E-state index in [1.54, 1.807) is 6.07 Å². The number of fused-ring (bicyclic) bond motifs is 1. The topological polar surface area (TPSA) is 80.4 Å². The molecule has 0 saturated carbocycles. The molecule has 2 rings (SSSR count). The number of benzene rings is 1. The molecular formula is C19H26N2O4. The second-order valence-electron chi connectivity index (χ2n) is 6.95. The van der Waals surface area contributed by atoms with Crippen LogP contribution in [0.2, 0.25) is 0 Å². The summed E-state index contributed by atoms with van der Waals surface area (Å²) in [4.78, 5) is 25.7. The van der Waals surface area contributed by atoms with Gasteiger partial charge in [0.2, 0.25) is 5.56 Å². The van der Waals surface area contributed by atoms with Crippen LogP contribution in [0.5, 0.6) is 5.75 Å². The number of ether oxygens (including phenoxy) is 2. The third-order valence-electron chi connectivity index (χ3n) is 3.63. The van der Waals surface area contributed by atoms with Crippen molar-refractivity contribution in [2.75, 3.05) is 19.9 Å². The lowest BCUT2D eigenvalue weighted by molar-refractivity contribution is -0.153. The second kappa shape index (κ2) is 8.67. The van der Waals surface area contributed by atoms with Crippen molar-refractivity contribution in [1.29, 1.82) is 0 Å². The van der Waals surface area contributed by atoms with Crippen molar-refractivity contribution in [2.24, 2.45) is 5.41 Å². The van der Waals surface area contributed by atoms with E-state index in [0.29, 0.717) is 6.61 Å². The molecule has 0 radical (unpaired) electrons. The molecule has 136 valence electrons. The lowest BCUT2D eigenvalue weighted by Gasteiger charge is -2.16. The fourth-order valence-electron chi connectivity index (χ4n) is 2.17. The summed E-state index contributed by atoms with van der Waals surface area (Å²) in [5.74, 6) is 0.527. The van der Waals surface area contributed by atoms with Crippen LogP contribution < -0.4 is 15.6 Å². The Bertz CT molecular complexity index is 762. The predicted octanol–water partition coefficient (Wildman–Crippen LogP) is 2.82. The number of aromatic amines is 1. The standard InChI is InChI=1S/C19H26N2O4/c1-19(2,3)18(23)25-13-20-10-4-5-11-24-15-8-6-14-7-9-17(22)21-16(14)12-15/h6-9,12,20H,4-5,10-11,13H2,1-3H3,(H,21,22). The fraction of sp³-hybridized carbons (Fsp3) is 0.474. The summed E-state index contributed by atoms with van der Waals surface area (Å²) in [6.45, 7) is 7.06. The van der Waals surface area contributed by atoms with Gasteiger partial charge in [0.25, 0.3) is 0 Å². The van der Waals surface area contributed by atoms with Gasteiger partial charge < -0.3 is 14.5 Å². The van der Waals surface area contributed by atoms with Gasteiger partial charge in [-0.15, -0.1) is 0 Å². The zero-order chi connectivity index (χ0) is 18.3. The minimum atomic E-state index is -0.473. The normalized spacial score (nSPS) is 11.5. The number of H-pyrrole nitrogens is 1. The van der Waals surface area contributed by atoms with Crippen molar-refractivity contribution in [1.82, 2.24) is 10.3 Å². The van der Waals surface area contributed by atoms with Crippen LogP contribution in [0.15, 0.2) is 35.1 Å². The van der Waals surface area contributed by atoms with Gasteiger partial charge in [-0.05, 0) is 63.7 Å². The molecule has 0 bridgehead atoms. The summed E-state index contributed by atoms with van der Waals surface area (Å²) in [6, 6.07) is 8.95. The second-order valence-corrected chi connectivity index (χ2v) is 6.95. The maximum atomic E-state index is 11.6. The Hall–Kier alpha value is -2.34. The zero-order valence-electron chi connectivity index (χ0n) is 15.1. The Balaban J connectivity index is 1.62. The first kappa shape index (κ1) is 19.0. The van der Waals surface area contributed by atoms with Crippen molar-refractivity contribution in [3.05, 3.63) is 40.7 Å². The monoisotopic (exact) mass is 346 g/mol. The molecule has 1 heterocycles. The largest absolute Gasteiger partial charge is 0.494 e. The zero-order valence-corrected chi connectivity index (χ0v) is 15.1. The average Bonchev–Trinajstić information content (AvgIpc) is 2.55. The summed E-state index contributed by atoms with van der Waals surface area (Å²) in [7, 11) is 0. The Kier molecular flexibility index (Phi) is 6.58. The van der Waals surface area contributed by atoms with Crippen molar-refractivity contribution in [3.8, 4) is 5.75 Å². The molecule has 2 aromatic rings. The lowest BCUT2D eigenvalue weighted by Crippen LogP contribution is -2.28. The number of aromatic nitrogens is 1. The smallest absolute Gasteiger partial charge is 0.312 e. The Morgan fingerprint density at radius 1 is 1.16 bits per heavy atom. The van der Waals surface area contributed by atoms with Crippen LogP contribution in [-0.4, -0.2) is 30.8 Å². The number of pyridine rings is 1. The molecule has 6 nitrogen and oxygen atoms in total. The van der Waals surface area contributed by atoms with Gasteiger partial charge in [0.1, 0.15) is 12.5 Å². The van der Waals surface area contributed by atoms with Crippen LogP contribution in [0.1, 0.15) is 33.6 Å². The highest BCUT2D eigenvalue weighted by Crippen LogP contribution is 2.18. The van der Waals surface area contributed by atoms with E-state index in [4.69, 9.17) is 9.47 Å². The number of esters is 1. The summed E-state index contributed by atoms with van der Waals surface area (Å²) in [6.07, 6.45) is 1.79. The molecule has 1 aromatic carbocycles. The SMILES string of the molecule is CC(C)(C)C(=O)OCNCCCCOc1ccc2ccc(=O)[nH]c2c1. The van der Waals surface area contributed by atoms with Crippen molar-refractivity contribution < 1.29 is 14.3 Å². The summed E-state index contributed by atoms with van der Waals surface area (Å²) < 4.78 is 10.8. The third-order valence-corrected chi connectivity index (χ3v) is 3.63. The van der Waals surface area contributed by atoms with E-state index in [9.17, 15) is 9.59 Å². The third kappa shape index (κ3) is 6.23. The highest BCUT2D eigenvalue weighted by molar-refractivity contribution is 5.79. The van der Waals surface area contributed by atoms with Crippen LogP contribution in [-0.2, 0) is 9.53 Å². The fourth-order valence-corrected chi connectivity index (χ4v) is 2.17. The van der Waals surface area contributed by atoms with Gasteiger partial charge in [0, 0.05) is 12.1 Å². The molecule has 0 atom stereocenters. The first-order valence-corrected chi connectivity index (χ1v) is 8.50. The van der Waals surface area contributed by atoms with Crippen molar-refractivity contribution in [2.45, 2.75) is 33.6 Å². The molecule has 0 amide bonds. The van der Waals surface area contributed by atoms with Crippen molar-refractivity contribution >= 4 is 16.9 Å². The average molecular weight is 346 g/mol.